The van der Waals surface area contributed by atoms with Crippen LogP contribution in [-0.4, -0.2) is 32.1 Å². The third-order valence-electron chi connectivity index (χ3n) is 3.26. The minimum absolute atomic E-state index is 0.471. The molecule has 1 rings (SSSR count). The van der Waals surface area contributed by atoms with Gasteiger partial charge in [0, 0.05) is 19.6 Å². The van der Waals surface area contributed by atoms with Crippen LogP contribution in [-0.2, 0) is 6.54 Å². The quantitative estimate of drug-likeness (QED) is 0.843. The first-order valence-electron chi connectivity index (χ1n) is 6.55. The second-order valence-corrected chi connectivity index (χ2v) is 5.20. The Morgan fingerprint density at radius 2 is 2.00 bits per heavy atom. The van der Waals surface area contributed by atoms with E-state index in [0.29, 0.717) is 12.5 Å². The van der Waals surface area contributed by atoms with Crippen LogP contribution in [0.2, 0.25) is 0 Å². The summed E-state index contributed by atoms with van der Waals surface area (Å²) in [5.41, 5.74) is 9.50. The highest BCUT2D eigenvalue weighted by atomic mass is 16.5. The van der Waals surface area contributed by atoms with Gasteiger partial charge >= 0.3 is 0 Å². The molecule has 3 nitrogen and oxygen atoms in total. The Morgan fingerprint density at radius 1 is 1.33 bits per heavy atom. The van der Waals surface area contributed by atoms with Crippen molar-refractivity contribution in [3.8, 4) is 5.75 Å². The van der Waals surface area contributed by atoms with Gasteiger partial charge in [0.25, 0.3) is 0 Å². The minimum atomic E-state index is 0.471. The Kier molecular flexibility index (Phi) is 5.63. The van der Waals surface area contributed by atoms with Crippen LogP contribution >= 0.6 is 0 Å². The van der Waals surface area contributed by atoms with Gasteiger partial charge in [-0.15, -0.1) is 0 Å². The zero-order valence-corrected chi connectivity index (χ0v) is 12.3. The fourth-order valence-corrected chi connectivity index (χ4v) is 2.13. The van der Waals surface area contributed by atoms with Gasteiger partial charge in [0.2, 0.25) is 0 Å². The first-order chi connectivity index (χ1) is 8.49. The van der Waals surface area contributed by atoms with E-state index in [1.54, 1.807) is 7.11 Å². The molecule has 0 atom stereocenters. The van der Waals surface area contributed by atoms with E-state index in [2.05, 4.69) is 44.9 Å². The summed E-state index contributed by atoms with van der Waals surface area (Å²) in [6.07, 6.45) is 0. The highest BCUT2D eigenvalue weighted by Crippen LogP contribution is 2.29. The lowest BCUT2D eigenvalue weighted by Gasteiger charge is -2.20. The highest BCUT2D eigenvalue weighted by molar-refractivity contribution is 5.43. The van der Waals surface area contributed by atoms with Crippen molar-refractivity contribution in [2.45, 2.75) is 33.2 Å². The van der Waals surface area contributed by atoms with Crippen LogP contribution in [0.15, 0.2) is 12.1 Å². The molecule has 0 aliphatic rings. The van der Waals surface area contributed by atoms with Crippen LogP contribution in [0.25, 0.3) is 0 Å². The van der Waals surface area contributed by atoms with Gasteiger partial charge in [-0.05, 0) is 42.6 Å². The van der Waals surface area contributed by atoms with Crippen LogP contribution < -0.4 is 10.5 Å². The SMILES string of the molecule is COc1cc(C)c(CN(C)CCN)cc1C(C)C. The van der Waals surface area contributed by atoms with Crippen molar-refractivity contribution in [3.05, 3.63) is 28.8 Å². The average Bonchev–Trinajstić information content (AvgIpc) is 2.31. The summed E-state index contributed by atoms with van der Waals surface area (Å²) >= 11 is 0. The number of aryl methyl sites for hydroxylation is 1. The third kappa shape index (κ3) is 3.72. The second kappa shape index (κ2) is 6.76. The van der Waals surface area contributed by atoms with Crippen LogP contribution in [0.5, 0.6) is 5.75 Å². The summed E-state index contributed by atoms with van der Waals surface area (Å²) in [7, 11) is 3.84. The van der Waals surface area contributed by atoms with Crippen LogP contribution in [0.4, 0.5) is 0 Å². The molecule has 2 N–H and O–H groups in total. The summed E-state index contributed by atoms with van der Waals surface area (Å²) in [5.74, 6) is 1.46. The van der Waals surface area contributed by atoms with Gasteiger partial charge in [0.15, 0.2) is 0 Å². The monoisotopic (exact) mass is 250 g/mol. The molecule has 0 saturated heterocycles. The zero-order chi connectivity index (χ0) is 13.7. The lowest BCUT2D eigenvalue weighted by Crippen LogP contribution is -2.25. The number of likely N-dealkylation sites (N-methyl/N-ethyl adjacent to an activating group) is 1. The Morgan fingerprint density at radius 3 is 2.50 bits per heavy atom. The van der Waals surface area contributed by atoms with Crippen molar-refractivity contribution in [2.24, 2.45) is 5.73 Å². The minimum Gasteiger partial charge on any atom is -0.496 e. The molecular formula is C15H26N2O. The van der Waals surface area contributed by atoms with Crippen LogP contribution in [0, 0.1) is 6.92 Å². The first kappa shape index (κ1) is 15.0. The van der Waals surface area contributed by atoms with Crippen molar-refractivity contribution in [1.82, 2.24) is 4.90 Å². The number of benzene rings is 1. The molecule has 0 amide bonds. The van der Waals surface area contributed by atoms with Gasteiger partial charge in [0.1, 0.15) is 5.75 Å². The molecule has 0 spiro atoms. The van der Waals surface area contributed by atoms with E-state index in [0.717, 1.165) is 18.8 Å². The molecule has 3 heteroatoms. The van der Waals surface area contributed by atoms with E-state index < -0.39 is 0 Å². The molecule has 0 aromatic heterocycles. The standard InChI is InChI=1S/C15H26N2O/c1-11(2)14-9-13(10-17(4)7-6-16)12(3)8-15(14)18-5/h8-9,11H,6-7,10,16H2,1-5H3. The molecule has 0 aliphatic carbocycles. The summed E-state index contributed by atoms with van der Waals surface area (Å²) in [6.45, 7) is 9.08. The lowest BCUT2D eigenvalue weighted by molar-refractivity contribution is 0.335. The van der Waals surface area contributed by atoms with Crippen LogP contribution in [0.3, 0.4) is 0 Å². The van der Waals surface area contributed by atoms with Crippen molar-refractivity contribution < 1.29 is 4.74 Å². The van der Waals surface area contributed by atoms with Gasteiger partial charge in [-0.3, -0.25) is 0 Å². The summed E-state index contributed by atoms with van der Waals surface area (Å²) < 4.78 is 5.46. The van der Waals surface area contributed by atoms with E-state index in [9.17, 15) is 0 Å². The van der Waals surface area contributed by atoms with Crippen molar-refractivity contribution in [2.75, 3.05) is 27.2 Å². The summed E-state index contributed by atoms with van der Waals surface area (Å²) in [6, 6.07) is 4.41. The molecule has 1 aromatic carbocycles. The molecule has 1 aromatic rings. The molecule has 0 radical (unpaired) electrons. The molecule has 102 valence electrons. The average molecular weight is 250 g/mol. The largest absolute Gasteiger partial charge is 0.496 e. The fraction of sp³-hybridized carbons (Fsp3) is 0.600. The lowest BCUT2D eigenvalue weighted by atomic mass is 9.96. The van der Waals surface area contributed by atoms with Gasteiger partial charge in [-0.1, -0.05) is 19.9 Å². The van der Waals surface area contributed by atoms with E-state index in [-0.39, 0.29) is 0 Å². The normalized spacial score (nSPS) is 11.3. The topological polar surface area (TPSA) is 38.5 Å². The van der Waals surface area contributed by atoms with Gasteiger partial charge in [-0.25, -0.2) is 0 Å². The Labute approximate surface area is 111 Å². The van der Waals surface area contributed by atoms with Crippen LogP contribution in [0.1, 0.15) is 36.5 Å². The third-order valence-corrected chi connectivity index (χ3v) is 3.26. The predicted molar refractivity (Wildman–Crippen MR) is 77.2 cm³/mol. The number of ether oxygens (including phenoxy) is 1. The van der Waals surface area contributed by atoms with E-state index in [4.69, 9.17) is 10.5 Å². The number of hydrogen-bond donors (Lipinski definition) is 1. The second-order valence-electron chi connectivity index (χ2n) is 5.20. The number of nitrogens with zero attached hydrogens (tertiary/aromatic N) is 1. The molecule has 0 unspecified atom stereocenters. The number of nitrogens with two attached hydrogens (primary N) is 1. The molecule has 0 fully saturated rings. The summed E-state index contributed by atoms with van der Waals surface area (Å²) in [5, 5.41) is 0. The molecule has 0 saturated carbocycles. The number of rotatable bonds is 6. The molecule has 0 bridgehead atoms. The van der Waals surface area contributed by atoms with Crippen molar-refractivity contribution in [1.29, 1.82) is 0 Å². The number of hydrogen-bond acceptors (Lipinski definition) is 3. The molecule has 18 heavy (non-hydrogen) atoms. The molecule has 0 heterocycles. The Bertz CT molecular complexity index is 388. The predicted octanol–water partition coefficient (Wildman–Crippen LogP) is 2.52. The van der Waals surface area contributed by atoms with E-state index in [1.165, 1.54) is 16.7 Å². The van der Waals surface area contributed by atoms with Gasteiger partial charge in [0.05, 0.1) is 7.11 Å². The fourth-order valence-electron chi connectivity index (χ4n) is 2.13. The van der Waals surface area contributed by atoms with Gasteiger partial charge < -0.3 is 15.4 Å². The zero-order valence-electron chi connectivity index (χ0n) is 12.3. The maximum Gasteiger partial charge on any atom is 0.122 e. The first-order valence-corrected chi connectivity index (χ1v) is 6.55. The van der Waals surface area contributed by atoms with Gasteiger partial charge in [-0.2, -0.15) is 0 Å². The maximum absolute atomic E-state index is 5.58. The summed E-state index contributed by atoms with van der Waals surface area (Å²) in [4.78, 5) is 2.25. The Balaban J connectivity index is 3.01. The Hall–Kier alpha value is -1.06. The van der Waals surface area contributed by atoms with E-state index in [1.807, 2.05) is 0 Å². The molecular weight excluding hydrogens is 224 g/mol. The van der Waals surface area contributed by atoms with Crippen molar-refractivity contribution in [3.63, 3.8) is 0 Å². The highest BCUT2D eigenvalue weighted by Gasteiger charge is 2.12. The number of methoxy groups -OCH3 is 1. The van der Waals surface area contributed by atoms with Crippen molar-refractivity contribution >= 4 is 0 Å². The van der Waals surface area contributed by atoms with E-state index >= 15 is 0 Å². The maximum atomic E-state index is 5.58. The smallest absolute Gasteiger partial charge is 0.122 e. The molecule has 0 aliphatic heterocycles.